The van der Waals surface area contributed by atoms with Gasteiger partial charge in [-0.05, 0) is 43.2 Å². The second kappa shape index (κ2) is 5.78. The first-order chi connectivity index (χ1) is 10.5. The van der Waals surface area contributed by atoms with E-state index in [2.05, 4.69) is 9.97 Å². The van der Waals surface area contributed by atoms with Crippen molar-refractivity contribution in [3.63, 3.8) is 0 Å². The van der Waals surface area contributed by atoms with Gasteiger partial charge in [0.2, 0.25) is 8.87 Å². The Balaban J connectivity index is 1.96. The minimum Gasteiger partial charge on any atom is -0.360 e. The van der Waals surface area contributed by atoms with E-state index in [4.69, 9.17) is 0 Å². The molecule has 0 atom stereocenters. The highest BCUT2D eigenvalue weighted by molar-refractivity contribution is 8.72. The van der Waals surface area contributed by atoms with Gasteiger partial charge in [0, 0.05) is 17.0 Å². The standard InChI is InChI=1S/C16H16N2O2S2/c1-3-12-10-17-14-8-9-15(18-16(12)14)21-22(19,20)13-6-4-11(2)5-7-13/h4-10,17H,3H2,1-2H3. The fourth-order valence-corrected chi connectivity index (χ4v) is 4.83. The number of aromatic nitrogens is 2. The zero-order valence-electron chi connectivity index (χ0n) is 12.3. The smallest absolute Gasteiger partial charge is 0.236 e. The lowest BCUT2D eigenvalue weighted by atomic mass is 10.2. The van der Waals surface area contributed by atoms with Crippen molar-refractivity contribution in [3.8, 4) is 0 Å². The van der Waals surface area contributed by atoms with E-state index in [1.807, 2.05) is 26.1 Å². The molecule has 0 saturated carbocycles. The average Bonchev–Trinajstić information content (AvgIpc) is 2.89. The molecular weight excluding hydrogens is 316 g/mol. The normalized spacial score (nSPS) is 11.9. The highest BCUT2D eigenvalue weighted by atomic mass is 33.1. The van der Waals surface area contributed by atoms with Crippen LogP contribution in [-0.4, -0.2) is 18.4 Å². The van der Waals surface area contributed by atoms with Crippen molar-refractivity contribution >= 4 is 30.7 Å². The zero-order valence-corrected chi connectivity index (χ0v) is 14.0. The molecule has 6 heteroatoms. The van der Waals surface area contributed by atoms with Crippen molar-refractivity contribution in [2.75, 3.05) is 0 Å². The first-order valence-electron chi connectivity index (χ1n) is 6.98. The number of nitrogens with zero attached hydrogens (tertiary/aromatic N) is 1. The lowest BCUT2D eigenvalue weighted by Gasteiger charge is -2.04. The number of hydrogen-bond donors (Lipinski definition) is 1. The third-order valence-corrected chi connectivity index (χ3v) is 6.68. The molecule has 1 N–H and O–H groups in total. The second-order valence-electron chi connectivity index (χ2n) is 5.06. The van der Waals surface area contributed by atoms with E-state index in [1.165, 1.54) is 0 Å². The average molecular weight is 332 g/mol. The maximum atomic E-state index is 12.5. The maximum Gasteiger partial charge on any atom is 0.236 e. The summed E-state index contributed by atoms with van der Waals surface area (Å²) < 4.78 is 24.9. The van der Waals surface area contributed by atoms with Crippen molar-refractivity contribution in [3.05, 3.63) is 53.7 Å². The molecule has 0 saturated heterocycles. The van der Waals surface area contributed by atoms with E-state index < -0.39 is 8.87 Å². The van der Waals surface area contributed by atoms with Gasteiger partial charge in [0.15, 0.2) is 0 Å². The van der Waals surface area contributed by atoms with E-state index in [9.17, 15) is 8.42 Å². The summed E-state index contributed by atoms with van der Waals surface area (Å²) >= 11 is 0. The van der Waals surface area contributed by atoms with Crippen LogP contribution in [0.2, 0.25) is 0 Å². The van der Waals surface area contributed by atoms with Gasteiger partial charge in [-0.25, -0.2) is 13.4 Å². The van der Waals surface area contributed by atoms with Gasteiger partial charge in [-0.2, -0.15) is 0 Å². The maximum absolute atomic E-state index is 12.5. The van der Waals surface area contributed by atoms with E-state index in [-0.39, 0.29) is 0 Å². The Morgan fingerprint density at radius 1 is 1.14 bits per heavy atom. The molecular formula is C16H16N2O2S2. The van der Waals surface area contributed by atoms with E-state index >= 15 is 0 Å². The minimum atomic E-state index is -3.46. The fraction of sp³-hybridized carbons (Fsp3) is 0.188. The second-order valence-corrected chi connectivity index (χ2v) is 8.84. The summed E-state index contributed by atoms with van der Waals surface area (Å²) in [5.74, 6) is 0. The Labute approximate surface area is 133 Å². The number of aromatic amines is 1. The van der Waals surface area contributed by atoms with Crippen LogP contribution in [0.5, 0.6) is 0 Å². The summed E-state index contributed by atoms with van der Waals surface area (Å²) in [7, 11) is -2.67. The fourth-order valence-electron chi connectivity index (χ4n) is 2.22. The molecule has 114 valence electrons. The lowest BCUT2D eigenvalue weighted by molar-refractivity contribution is 0.610. The lowest BCUT2D eigenvalue weighted by Crippen LogP contribution is -1.96. The number of pyridine rings is 1. The number of aryl methyl sites for hydroxylation is 2. The predicted octanol–water partition coefficient (Wildman–Crippen LogP) is 3.91. The molecule has 0 fully saturated rings. The molecule has 0 radical (unpaired) electrons. The van der Waals surface area contributed by atoms with Gasteiger partial charge < -0.3 is 4.98 Å². The Morgan fingerprint density at radius 2 is 1.86 bits per heavy atom. The van der Waals surface area contributed by atoms with Crippen LogP contribution in [0.25, 0.3) is 11.0 Å². The summed E-state index contributed by atoms with van der Waals surface area (Å²) in [5.41, 5.74) is 3.88. The van der Waals surface area contributed by atoms with Crippen LogP contribution in [0.15, 0.2) is 52.5 Å². The van der Waals surface area contributed by atoms with E-state index in [0.717, 1.165) is 39.4 Å². The molecule has 22 heavy (non-hydrogen) atoms. The van der Waals surface area contributed by atoms with Gasteiger partial charge >= 0.3 is 0 Å². The molecule has 0 aliphatic carbocycles. The largest absolute Gasteiger partial charge is 0.360 e. The molecule has 4 nitrogen and oxygen atoms in total. The number of rotatable bonds is 4. The van der Waals surface area contributed by atoms with Crippen molar-refractivity contribution in [2.24, 2.45) is 0 Å². The number of nitrogens with one attached hydrogen (secondary N) is 1. The van der Waals surface area contributed by atoms with Crippen LogP contribution in [0.3, 0.4) is 0 Å². The van der Waals surface area contributed by atoms with E-state index in [1.54, 1.807) is 30.3 Å². The van der Waals surface area contributed by atoms with Gasteiger partial charge in [-0.1, -0.05) is 24.6 Å². The number of fused-ring (bicyclic) bond motifs is 1. The Bertz CT molecular complexity index is 913. The summed E-state index contributed by atoms with van der Waals surface area (Å²) in [6.07, 6.45) is 2.77. The monoisotopic (exact) mass is 332 g/mol. The van der Waals surface area contributed by atoms with Crippen molar-refractivity contribution in [1.82, 2.24) is 9.97 Å². The molecule has 1 aromatic carbocycles. The first-order valence-corrected chi connectivity index (χ1v) is 9.79. The molecule has 2 aromatic heterocycles. The van der Waals surface area contributed by atoms with Gasteiger partial charge in [0.1, 0.15) is 5.03 Å². The Morgan fingerprint density at radius 3 is 2.55 bits per heavy atom. The quantitative estimate of drug-likeness (QED) is 0.736. The van der Waals surface area contributed by atoms with Crippen LogP contribution >= 0.6 is 10.8 Å². The van der Waals surface area contributed by atoms with Crippen LogP contribution in [0, 0.1) is 6.92 Å². The first kappa shape index (κ1) is 15.1. The van der Waals surface area contributed by atoms with Gasteiger partial charge in [-0.3, -0.25) is 0 Å². The van der Waals surface area contributed by atoms with Crippen LogP contribution in [0.1, 0.15) is 18.1 Å². The molecule has 0 amide bonds. The molecule has 3 aromatic rings. The van der Waals surface area contributed by atoms with Crippen LogP contribution in [0.4, 0.5) is 0 Å². The number of hydrogen-bond acceptors (Lipinski definition) is 4. The minimum absolute atomic E-state index is 0.301. The van der Waals surface area contributed by atoms with Crippen molar-refractivity contribution < 1.29 is 8.42 Å². The Hall–Kier alpha value is -1.79. The van der Waals surface area contributed by atoms with Crippen molar-refractivity contribution in [1.29, 1.82) is 0 Å². The summed E-state index contributed by atoms with van der Waals surface area (Å²) in [6.45, 7) is 3.98. The molecule has 3 rings (SSSR count). The van der Waals surface area contributed by atoms with Crippen LogP contribution in [-0.2, 0) is 15.3 Å². The summed E-state index contributed by atoms with van der Waals surface area (Å²) in [6, 6.07) is 10.5. The molecule has 0 aliphatic rings. The topological polar surface area (TPSA) is 62.8 Å². The summed E-state index contributed by atoms with van der Waals surface area (Å²) in [4.78, 5) is 7.93. The van der Waals surface area contributed by atoms with Crippen LogP contribution < -0.4 is 0 Å². The third-order valence-electron chi connectivity index (χ3n) is 3.46. The molecule has 0 bridgehead atoms. The SMILES string of the molecule is CCc1c[nH]c2ccc(SS(=O)(=O)c3ccc(C)cc3)nc12. The van der Waals surface area contributed by atoms with E-state index in [0.29, 0.717) is 9.92 Å². The van der Waals surface area contributed by atoms with Gasteiger partial charge in [0.25, 0.3) is 0 Å². The van der Waals surface area contributed by atoms with Gasteiger partial charge in [-0.15, -0.1) is 0 Å². The predicted molar refractivity (Wildman–Crippen MR) is 89.7 cm³/mol. The Kier molecular flexibility index (Phi) is 3.97. The molecule has 0 unspecified atom stereocenters. The highest BCUT2D eigenvalue weighted by Crippen LogP contribution is 2.31. The molecule has 0 aliphatic heterocycles. The number of H-pyrrole nitrogens is 1. The number of benzene rings is 1. The third kappa shape index (κ3) is 2.89. The molecule has 0 spiro atoms. The molecule has 2 heterocycles. The van der Waals surface area contributed by atoms with Crippen molar-refractivity contribution in [2.45, 2.75) is 30.2 Å². The highest BCUT2D eigenvalue weighted by Gasteiger charge is 2.18. The zero-order chi connectivity index (χ0) is 15.7. The van der Waals surface area contributed by atoms with Gasteiger partial charge in [0.05, 0.1) is 15.9 Å². The summed E-state index contributed by atoms with van der Waals surface area (Å²) in [5, 5.41) is 0.488.